The largest absolute Gasteiger partial charge is 0.370 e. The molecule has 5 nitrogen and oxygen atoms in total. The van der Waals surface area contributed by atoms with E-state index >= 15 is 0 Å². The minimum atomic E-state index is -0.0605. The van der Waals surface area contributed by atoms with Crippen molar-refractivity contribution in [1.82, 2.24) is 15.3 Å². The molecule has 2 aromatic heterocycles. The molecule has 0 saturated carbocycles. The van der Waals surface area contributed by atoms with E-state index in [2.05, 4.69) is 76.2 Å². The van der Waals surface area contributed by atoms with Crippen molar-refractivity contribution in [2.45, 2.75) is 45.7 Å². The lowest BCUT2D eigenvalue weighted by molar-refractivity contribution is 0.438. The first-order valence-electron chi connectivity index (χ1n) is 11.6. The number of anilines is 2. The van der Waals surface area contributed by atoms with Crippen LogP contribution in [0.25, 0.3) is 0 Å². The van der Waals surface area contributed by atoms with Crippen LogP contribution in [0.4, 0.5) is 11.4 Å². The summed E-state index contributed by atoms with van der Waals surface area (Å²) in [5, 5.41) is 4.99. The smallest absolute Gasteiger partial charge is 0.174 e. The molecule has 0 aliphatic carbocycles. The number of piperidine rings is 1. The standard InChI is InChI=1S/C26H30ClN5S/c1-16-9-12-31(13-10-16)23-8-7-19(15-21(23)27)32-25(20-14-17(2)29-18(20)3)24(30-26(32)33)22-6-4-5-11-28-22/h4-8,11,14-16,24-25,29H,9-10,12-13H2,1-3H3,(H,30,33)/t24-,25+/m0/s1. The quantitative estimate of drug-likeness (QED) is 0.443. The molecule has 0 radical (unpaired) electrons. The molecular weight excluding hydrogens is 450 g/mol. The van der Waals surface area contributed by atoms with Crippen molar-refractivity contribution in [2.24, 2.45) is 5.92 Å². The second-order valence-corrected chi connectivity index (χ2v) is 10.1. The highest BCUT2D eigenvalue weighted by molar-refractivity contribution is 7.80. The zero-order chi connectivity index (χ0) is 23.1. The fourth-order valence-corrected chi connectivity index (χ4v) is 5.79. The van der Waals surface area contributed by atoms with E-state index in [4.69, 9.17) is 23.8 Å². The van der Waals surface area contributed by atoms with Crippen LogP contribution in [-0.4, -0.2) is 28.2 Å². The minimum Gasteiger partial charge on any atom is -0.370 e. The number of aromatic nitrogens is 2. The number of benzene rings is 1. The number of thiocarbonyl (C=S) groups is 1. The lowest BCUT2D eigenvalue weighted by atomic mass is 9.96. The Morgan fingerprint density at radius 2 is 1.88 bits per heavy atom. The van der Waals surface area contributed by atoms with Crippen molar-refractivity contribution in [1.29, 1.82) is 0 Å². The van der Waals surface area contributed by atoms with Crippen LogP contribution in [0.2, 0.25) is 5.02 Å². The Balaban J connectivity index is 1.53. The van der Waals surface area contributed by atoms with Crippen molar-refractivity contribution in [3.63, 3.8) is 0 Å². The van der Waals surface area contributed by atoms with Crippen LogP contribution in [-0.2, 0) is 0 Å². The number of aromatic amines is 1. The van der Waals surface area contributed by atoms with E-state index in [1.807, 2.05) is 18.3 Å². The predicted molar refractivity (Wildman–Crippen MR) is 140 cm³/mol. The van der Waals surface area contributed by atoms with Crippen molar-refractivity contribution >= 4 is 40.3 Å². The maximum atomic E-state index is 6.86. The molecule has 0 unspecified atom stereocenters. The van der Waals surface area contributed by atoms with Crippen molar-refractivity contribution < 1.29 is 0 Å². The van der Waals surface area contributed by atoms with E-state index in [9.17, 15) is 0 Å². The molecule has 0 amide bonds. The Kier molecular flexibility index (Phi) is 6.06. The molecule has 2 saturated heterocycles. The van der Waals surface area contributed by atoms with Gasteiger partial charge < -0.3 is 20.1 Å². The monoisotopic (exact) mass is 479 g/mol. The van der Waals surface area contributed by atoms with Gasteiger partial charge in [0.15, 0.2) is 5.11 Å². The first-order valence-corrected chi connectivity index (χ1v) is 12.4. The maximum Gasteiger partial charge on any atom is 0.174 e. The van der Waals surface area contributed by atoms with Crippen LogP contribution < -0.4 is 15.1 Å². The van der Waals surface area contributed by atoms with Crippen LogP contribution in [0.15, 0.2) is 48.7 Å². The molecule has 0 spiro atoms. The highest BCUT2D eigenvalue weighted by atomic mass is 35.5. The average molecular weight is 480 g/mol. The molecule has 33 heavy (non-hydrogen) atoms. The molecule has 0 bridgehead atoms. The van der Waals surface area contributed by atoms with Crippen LogP contribution in [0, 0.1) is 19.8 Å². The number of halogens is 1. The van der Waals surface area contributed by atoms with Gasteiger partial charge in [0.05, 0.1) is 28.5 Å². The average Bonchev–Trinajstić information content (AvgIpc) is 3.32. The second kappa shape index (κ2) is 8.99. The van der Waals surface area contributed by atoms with Gasteiger partial charge >= 0.3 is 0 Å². The Bertz CT molecular complexity index is 1150. The SMILES string of the molecule is Cc1cc([C@@H]2[C@H](c3ccccn3)NC(=S)N2c2ccc(N3CCC(C)CC3)c(Cl)c2)c(C)[nH]1. The lowest BCUT2D eigenvalue weighted by Crippen LogP contribution is -2.33. The Morgan fingerprint density at radius 3 is 2.52 bits per heavy atom. The van der Waals surface area contributed by atoms with E-state index in [-0.39, 0.29) is 12.1 Å². The molecule has 2 N–H and O–H groups in total. The van der Waals surface area contributed by atoms with Crippen LogP contribution in [0.5, 0.6) is 0 Å². The fraction of sp³-hybridized carbons (Fsp3) is 0.385. The zero-order valence-corrected chi connectivity index (χ0v) is 20.9. The molecule has 2 atom stereocenters. The summed E-state index contributed by atoms with van der Waals surface area (Å²) in [4.78, 5) is 12.7. The van der Waals surface area contributed by atoms with Gasteiger partial charge in [0.2, 0.25) is 0 Å². The number of hydrogen-bond donors (Lipinski definition) is 2. The number of pyridine rings is 1. The summed E-state index contributed by atoms with van der Waals surface area (Å²) in [5.74, 6) is 0.782. The second-order valence-electron chi connectivity index (χ2n) is 9.33. The van der Waals surface area contributed by atoms with Crippen LogP contribution in [0.3, 0.4) is 0 Å². The van der Waals surface area contributed by atoms with Gasteiger partial charge in [-0.25, -0.2) is 0 Å². The molecule has 4 heterocycles. The summed E-state index contributed by atoms with van der Waals surface area (Å²) >= 11 is 12.7. The Hall–Kier alpha value is -2.57. The van der Waals surface area contributed by atoms with Crippen molar-refractivity contribution in [3.8, 4) is 0 Å². The fourth-order valence-electron chi connectivity index (χ4n) is 5.15. The van der Waals surface area contributed by atoms with Gasteiger partial charge in [0.25, 0.3) is 0 Å². The van der Waals surface area contributed by atoms with E-state index in [1.165, 1.54) is 18.4 Å². The number of nitrogens with zero attached hydrogens (tertiary/aromatic N) is 3. The lowest BCUT2D eigenvalue weighted by Gasteiger charge is -2.33. The van der Waals surface area contributed by atoms with Gasteiger partial charge in [0.1, 0.15) is 0 Å². The number of aryl methyl sites for hydroxylation is 2. The molecule has 172 valence electrons. The molecule has 2 aliphatic heterocycles. The van der Waals surface area contributed by atoms with Gasteiger partial charge in [-0.15, -0.1) is 0 Å². The van der Waals surface area contributed by atoms with E-state index < -0.39 is 0 Å². The highest BCUT2D eigenvalue weighted by Gasteiger charge is 2.42. The Morgan fingerprint density at radius 1 is 1.09 bits per heavy atom. The van der Waals surface area contributed by atoms with Gasteiger partial charge in [-0.2, -0.15) is 0 Å². The normalized spacial score (nSPS) is 21.5. The summed E-state index contributed by atoms with van der Waals surface area (Å²) < 4.78 is 0. The number of nitrogens with one attached hydrogen (secondary N) is 2. The number of H-pyrrole nitrogens is 1. The van der Waals surface area contributed by atoms with Crippen molar-refractivity contribution in [2.75, 3.05) is 22.9 Å². The topological polar surface area (TPSA) is 47.2 Å². The number of hydrogen-bond acceptors (Lipinski definition) is 3. The van der Waals surface area contributed by atoms with Gasteiger partial charge in [0, 0.05) is 36.4 Å². The molecule has 7 heteroatoms. The van der Waals surface area contributed by atoms with Crippen LogP contribution in [0.1, 0.15) is 54.5 Å². The molecule has 3 aromatic rings. The summed E-state index contributed by atoms with van der Waals surface area (Å²) in [5.41, 5.74) is 6.55. The molecule has 1 aromatic carbocycles. The summed E-state index contributed by atoms with van der Waals surface area (Å²) in [6.07, 6.45) is 4.25. The molecule has 2 aliphatic rings. The third-order valence-corrected chi connectivity index (χ3v) is 7.56. The third-order valence-electron chi connectivity index (χ3n) is 6.94. The highest BCUT2D eigenvalue weighted by Crippen LogP contribution is 2.44. The van der Waals surface area contributed by atoms with E-state index in [0.717, 1.165) is 52.5 Å². The van der Waals surface area contributed by atoms with Crippen LogP contribution >= 0.6 is 23.8 Å². The van der Waals surface area contributed by atoms with E-state index in [1.54, 1.807) is 0 Å². The maximum absolute atomic E-state index is 6.86. The van der Waals surface area contributed by atoms with Gasteiger partial charge in [-0.1, -0.05) is 24.6 Å². The first-order chi connectivity index (χ1) is 15.9. The first kappa shape index (κ1) is 22.2. The number of rotatable bonds is 4. The molecular formula is C26H30ClN5S. The molecule has 5 rings (SSSR count). The van der Waals surface area contributed by atoms with E-state index in [0.29, 0.717) is 5.11 Å². The molecule has 2 fully saturated rings. The zero-order valence-electron chi connectivity index (χ0n) is 19.3. The van der Waals surface area contributed by atoms with Gasteiger partial charge in [-0.3, -0.25) is 4.98 Å². The minimum absolute atomic E-state index is 0.0323. The summed E-state index contributed by atoms with van der Waals surface area (Å²) in [7, 11) is 0. The van der Waals surface area contributed by atoms with Gasteiger partial charge in [-0.05, 0) is 86.8 Å². The predicted octanol–water partition coefficient (Wildman–Crippen LogP) is 6.09. The summed E-state index contributed by atoms with van der Waals surface area (Å²) in [6, 6.07) is 14.5. The summed E-state index contributed by atoms with van der Waals surface area (Å²) in [6.45, 7) is 8.63. The third kappa shape index (κ3) is 4.22. The Labute approximate surface area is 206 Å². The van der Waals surface area contributed by atoms with Crippen molar-refractivity contribution in [3.05, 3.63) is 76.3 Å².